The van der Waals surface area contributed by atoms with E-state index >= 15 is 0 Å². The van der Waals surface area contributed by atoms with Crippen LogP contribution in [0.2, 0.25) is 5.02 Å². The first-order valence-electron chi connectivity index (χ1n) is 7.37. The van der Waals surface area contributed by atoms with Gasteiger partial charge in [-0.25, -0.2) is 0 Å². The third kappa shape index (κ3) is 2.58. The summed E-state index contributed by atoms with van der Waals surface area (Å²) in [5, 5.41) is 1.90. The van der Waals surface area contributed by atoms with E-state index in [4.69, 9.17) is 21.1 Å². The van der Waals surface area contributed by atoms with Crippen LogP contribution >= 0.6 is 11.6 Å². The van der Waals surface area contributed by atoms with E-state index in [9.17, 15) is 0 Å². The van der Waals surface area contributed by atoms with Crippen molar-refractivity contribution in [3.05, 3.63) is 53.7 Å². The lowest BCUT2D eigenvalue weighted by Crippen LogP contribution is -2.32. The van der Waals surface area contributed by atoms with Crippen LogP contribution < -0.4 is 4.74 Å². The molecule has 0 bridgehead atoms. The third-order valence-electron chi connectivity index (χ3n) is 4.00. The van der Waals surface area contributed by atoms with Crippen LogP contribution in [0.5, 0.6) is 5.75 Å². The van der Waals surface area contributed by atoms with Crippen molar-refractivity contribution in [1.29, 1.82) is 0 Å². The molecule has 2 aromatic carbocycles. The van der Waals surface area contributed by atoms with E-state index in [1.54, 1.807) is 0 Å². The van der Waals surface area contributed by atoms with Crippen LogP contribution in [0.4, 0.5) is 0 Å². The van der Waals surface area contributed by atoms with Gasteiger partial charge in [0.05, 0.1) is 24.8 Å². The molecule has 1 saturated heterocycles. The molecule has 112 valence electrons. The Hall–Kier alpha value is -1.97. The maximum Gasteiger partial charge on any atom is 0.119 e. The van der Waals surface area contributed by atoms with Crippen molar-refractivity contribution in [1.82, 2.24) is 4.98 Å². The molecule has 0 aliphatic carbocycles. The highest BCUT2D eigenvalue weighted by Gasteiger charge is 2.18. The van der Waals surface area contributed by atoms with Crippen molar-refractivity contribution < 1.29 is 9.47 Å². The highest BCUT2D eigenvalue weighted by atomic mass is 35.5. The molecule has 4 rings (SSSR count). The van der Waals surface area contributed by atoms with E-state index < -0.39 is 0 Å². The average Bonchev–Trinajstić information content (AvgIpc) is 2.93. The van der Waals surface area contributed by atoms with Gasteiger partial charge in [-0.05, 0) is 35.9 Å². The fourth-order valence-electron chi connectivity index (χ4n) is 2.62. The van der Waals surface area contributed by atoms with Crippen molar-refractivity contribution in [2.45, 2.75) is 0 Å². The van der Waals surface area contributed by atoms with Gasteiger partial charge in [0.25, 0.3) is 0 Å². The van der Waals surface area contributed by atoms with Crippen molar-refractivity contribution >= 4 is 22.5 Å². The summed E-state index contributed by atoms with van der Waals surface area (Å²) in [4.78, 5) is 3.17. The number of H-pyrrole nitrogens is 1. The minimum absolute atomic E-state index is 0.533. The number of benzene rings is 2. The molecule has 3 nitrogen and oxygen atoms in total. The second kappa shape index (κ2) is 5.67. The molecule has 2 heterocycles. The number of rotatable bonds is 4. The first-order chi connectivity index (χ1) is 10.8. The molecule has 0 unspecified atom stereocenters. The summed E-state index contributed by atoms with van der Waals surface area (Å²) < 4.78 is 10.9. The van der Waals surface area contributed by atoms with E-state index in [1.165, 1.54) is 0 Å². The topological polar surface area (TPSA) is 34.2 Å². The minimum atomic E-state index is 0.533. The van der Waals surface area contributed by atoms with Crippen molar-refractivity contribution in [3.8, 4) is 16.9 Å². The number of aromatic amines is 1. The summed E-state index contributed by atoms with van der Waals surface area (Å²) in [6, 6.07) is 14.2. The fraction of sp³-hybridized carbons (Fsp3) is 0.222. The van der Waals surface area contributed by atoms with Crippen LogP contribution in [-0.4, -0.2) is 24.8 Å². The summed E-state index contributed by atoms with van der Waals surface area (Å²) in [6.45, 7) is 2.34. The standard InChI is InChI=1S/C18H16ClNO2/c19-17-8-18-14(5-6-20-18)7-16(17)13-1-3-15(4-2-13)22-11-12-9-21-10-12/h1-8,12,20H,9-11H2. The number of nitrogens with one attached hydrogen (secondary N) is 1. The Bertz CT molecular complexity index is 790. The van der Waals surface area contributed by atoms with E-state index in [0.717, 1.165) is 52.6 Å². The quantitative estimate of drug-likeness (QED) is 0.768. The normalized spacial score (nSPS) is 15.0. The first-order valence-corrected chi connectivity index (χ1v) is 7.75. The molecule has 4 heteroatoms. The maximum absolute atomic E-state index is 6.40. The molecule has 0 saturated carbocycles. The minimum Gasteiger partial charge on any atom is -0.493 e. The van der Waals surface area contributed by atoms with E-state index in [0.29, 0.717) is 5.92 Å². The lowest BCUT2D eigenvalue weighted by molar-refractivity contribution is -0.0508. The molecular formula is C18H16ClNO2. The smallest absolute Gasteiger partial charge is 0.119 e. The van der Waals surface area contributed by atoms with Crippen molar-refractivity contribution in [2.75, 3.05) is 19.8 Å². The van der Waals surface area contributed by atoms with Gasteiger partial charge in [-0.1, -0.05) is 23.7 Å². The van der Waals surface area contributed by atoms with Gasteiger partial charge in [-0.15, -0.1) is 0 Å². The molecule has 1 aliphatic rings. The second-order valence-corrected chi connectivity index (χ2v) is 6.04. The molecule has 0 amide bonds. The summed E-state index contributed by atoms with van der Waals surface area (Å²) in [5.74, 6) is 1.42. The molecule has 0 atom stereocenters. The molecule has 1 aromatic heterocycles. The molecule has 1 aliphatic heterocycles. The Kier molecular flexibility index (Phi) is 3.53. The van der Waals surface area contributed by atoms with Gasteiger partial charge in [-0.3, -0.25) is 0 Å². The van der Waals surface area contributed by atoms with Crippen molar-refractivity contribution in [2.24, 2.45) is 5.92 Å². The largest absolute Gasteiger partial charge is 0.493 e. The van der Waals surface area contributed by atoms with E-state index in [1.807, 2.05) is 42.6 Å². The number of hydrogen-bond donors (Lipinski definition) is 1. The molecule has 1 fully saturated rings. The van der Waals surface area contributed by atoms with Gasteiger partial charge in [0.2, 0.25) is 0 Å². The van der Waals surface area contributed by atoms with E-state index in [2.05, 4.69) is 11.1 Å². The van der Waals surface area contributed by atoms with Crippen LogP contribution in [-0.2, 0) is 4.74 Å². The monoisotopic (exact) mass is 313 g/mol. The Morgan fingerprint density at radius 2 is 1.95 bits per heavy atom. The lowest BCUT2D eigenvalue weighted by Gasteiger charge is -2.25. The van der Waals surface area contributed by atoms with Gasteiger partial charge < -0.3 is 14.5 Å². The van der Waals surface area contributed by atoms with Crippen LogP contribution in [0.25, 0.3) is 22.0 Å². The molecule has 0 radical (unpaired) electrons. The third-order valence-corrected chi connectivity index (χ3v) is 4.31. The van der Waals surface area contributed by atoms with Crippen LogP contribution in [0.15, 0.2) is 48.7 Å². The Labute approximate surface area is 133 Å². The van der Waals surface area contributed by atoms with Gasteiger partial charge in [-0.2, -0.15) is 0 Å². The number of fused-ring (bicyclic) bond motifs is 1. The molecular weight excluding hydrogens is 298 g/mol. The second-order valence-electron chi connectivity index (χ2n) is 5.64. The zero-order chi connectivity index (χ0) is 14.9. The predicted octanol–water partition coefficient (Wildman–Crippen LogP) is 4.51. The summed E-state index contributed by atoms with van der Waals surface area (Å²) in [5.41, 5.74) is 3.18. The summed E-state index contributed by atoms with van der Waals surface area (Å²) >= 11 is 6.40. The van der Waals surface area contributed by atoms with Crippen LogP contribution in [0.1, 0.15) is 0 Å². The van der Waals surface area contributed by atoms with Crippen LogP contribution in [0, 0.1) is 5.92 Å². The van der Waals surface area contributed by atoms with Gasteiger partial charge in [0.1, 0.15) is 5.75 Å². The molecule has 0 spiro atoms. The number of aromatic nitrogens is 1. The van der Waals surface area contributed by atoms with Crippen molar-refractivity contribution in [3.63, 3.8) is 0 Å². The predicted molar refractivity (Wildman–Crippen MR) is 88.5 cm³/mol. The fourth-order valence-corrected chi connectivity index (χ4v) is 2.89. The highest BCUT2D eigenvalue weighted by Crippen LogP contribution is 2.32. The molecule has 1 N–H and O–H groups in total. The average molecular weight is 314 g/mol. The van der Waals surface area contributed by atoms with Crippen LogP contribution in [0.3, 0.4) is 0 Å². The lowest BCUT2D eigenvalue weighted by atomic mass is 10.0. The Balaban J connectivity index is 1.56. The Morgan fingerprint density at radius 3 is 2.68 bits per heavy atom. The number of halogens is 1. The number of hydrogen-bond acceptors (Lipinski definition) is 2. The zero-order valence-corrected chi connectivity index (χ0v) is 12.8. The summed E-state index contributed by atoms with van der Waals surface area (Å²) in [7, 11) is 0. The highest BCUT2D eigenvalue weighted by molar-refractivity contribution is 6.34. The molecule has 3 aromatic rings. The number of ether oxygens (including phenoxy) is 2. The van der Waals surface area contributed by atoms with Gasteiger partial charge >= 0.3 is 0 Å². The zero-order valence-electron chi connectivity index (χ0n) is 12.0. The van der Waals surface area contributed by atoms with E-state index in [-0.39, 0.29) is 0 Å². The maximum atomic E-state index is 6.40. The van der Waals surface area contributed by atoms with Gasteiger partial charge in [0, 0.05) is 28.6 Å². The SMILES string of the molecule is Clc1cc2[nH]ccc2cc1-c1ccc(OCC2COC2)cc1. The Morgan fingerprint density at radius 1 is 1.14 bits per heavy atom. The summed E-state index contributed by atoms with van der Waals surface area (Å²) in [6.07, 6.45) is 1.92. The molecule has 22 heavy (non-hydrogen) atoms. The van der Waals surface area contributed by atoms with Gasteiger partial charge in [0.15, 0.2) is 0 Å². The first kappa shape index (κ1) is 13.7.